The SMILES string of the molecule is Cc1ccc(C(N)Cc2ccc(Br)cc2F)cc1Cl. The van der Waals surface area contributed by atoms with E-state index >= 15 is 0 Å². The summed E-state index contributed by atoms with van der Waals surface area (Å²) >= 11 is 9.31. The van der Waals surface area contributed by atoms with Gasteiger partial charge in [-0.05, 0) is 48.2 Å². The summed E-state index contributed by atoms with van der Waals surface area (Å²) in [5, 5.41) is 0.684. The van der Waals surface area contributed by atoms with Crippen molar-refractivity contribution in [3.8, 4) is 0 Å². The second-order valence-electron chi connectivity index (χ2n) is 4.55. The molecule has 0 aliphatic rings. The van der Waals surface area contributed by atoms with Crippen molar-refractivity contribution < 1.29 is 4.39 Å². The molecule has 0 heterocycles. The van der Waals surface area contributed by atoms with Gasteiger partial charge in [-0.2, -0.15) is 0 Å². The summed E-state index contributed by atoms with van der Waals surface area (Å²) in [6, 6.07) is 10.4. The number of hydrogen-bond donors (Lipinski definition) is 1. The zero-order valence-corrected chi connectivity index (χ0v) is 12.8. The maximum absolute atomic E-state index is 13.8. The van der Waals surface area contributed by atoms with Gasteiger partial charge in [-0.25, -0.2) is 4.39 Å². The molecule has 0 fully saturated rings. The minimum absolute atomic E-state index is 0.247. The molecule has 100 valence electrons. The fraction of sp³-hybridized carbons (Fsp3) is 0.200. The zero-order chi connectivity index (χ0) is 14.0. The van der Waals surface area contributed by atoms with Crippen molar-refractivity contribution in [1.82, 2.24) is 0 Å². The molecule has 0 aliphatic carbocycles. The van der Waals surface area contributed by atoms with Gasteiger partial charge >= 0.3 is 0 Å². The van der Waals surface area contributed by atoms with Crippen LogP contribution in [-0.2, 0) is 6.42 Å². The van der Waals surface area contributed by atoms with Crippen LogP contribution in [0, 0.1) is 12.7 Å². The van der Waals surface area contributed by atoms with Gasteiger partial charge in [0.1, 0.15) is 5.82 Å². The van der Waals surface area contributed by atoms with E-state index in [0.717, 1.165) is 15.6 Å². The van der Waals surface area contributed by atoms with E-state index in [2.05, 4.69) is 15.9 Å². The lowest BCUT2D eigenvalue weighted by Gasteiger charge is -2.14. The molecule has 0 bridgehead atoms. The molecule has 0 aromatic heterocycles. The zero-order valence-electron chi connectivity index (χ0n) is 10.5. The van der Waals surface area contributed by atoms with Crippen LogP contribution in [0.25, 0.3) is 0 Å². The predicted octanol–water partition coefficient (Wildman–Crippen LogP) is 4.79. The van der Waals surface area contributed by atoms with Gasteiger partial charge in [-0.3, -0.25) is 0 Å². The summed E-state index contributed by atoms with van der Waals surface area (Å²) in [5.74, 6) is -0.247. The molecule has 4 heteroatoms. The Morgan fingerprint density at radius 3 is 2.63 bits per heavy atom. The van der Waals surface area contributed by atoms with Crippen molar-refractivity contribution in [2.75, 3.05) is 0 Å². The van der Waals surface area contributed by atoms with E-state index in [4.69, 9.17) is 17.3 Å². The Hall–Kier alpha value is -0.900. The highest BCUT2D eigenvalue weighted by Gasteiger charge is 2.11. The molecule has 2 N–H and O–H groups in total. The van der Waals surface area contributed by atoms with Crippen molar-refractivity contribution in [3.63, 3.8) is 0 Å². The Morgan fingerprint density at radius 1 is 1.26 bits per heavy atom. The fourth-order valence-electron chi connectivity index (χ4n) is 1.88. The summed E-state index contributed by atoms with van der Waals surface area (Å²) in [7, 11) is 0. The third kappa shape index (κ3) is 3.56. The highest BCUT2D eigenvalue weighted by atomic mass is 79.9. The Bertz CT molecular complexity index is 601. The molecule has 0 saturated heterocycles. The van der Waals surface area contributed by atoms with E-state index < -0.39 is 0 Å². The predicted molar refractivity (Wildman–Crippen MR) is 80.9 cm³/mol. The van der Waals surface area contributed by atoms with Crippen molar-refractivity contribution in [2.24, 2.45) is 5.73 Å². The summed E-state index contributed by atoms with van der Waals surface area (Å²) in [4.78, 5) is 0. The van der Waals surface area contributed by atoms with Gasteiger partial charge < -0.3 is 5.73 Å². The monoisotopic (exact) mass is 341 g/mol. The molecule has 2 rings (SSSR count). The normalized spacial score (nSPS) is 12.5. The minimum atomic E-state index is -0.270. The molecule has 0 radical (unpaired) electrons. The Morgan fingerprint density at radius 2 is 2.00 bits per heavy atom. The van der Waals surface area contributed by atoms with Crippen LogP contribution in [0.3, 0.4) is 0 Å². The van der Waals surface area contributed by atoms with E-state index in [1.54, 1.807) is 6.07 Å². The van der Waals surface area contributed by atoms with E-state index in [-0.39, 0.29) is 11.9 Å². The van der Waals surface area contributed by atoms with Crippen LogP contribution < -0.4 is 5.73 Å². The summed E-state index contributed by atoms with van der Waals surface area (Å²) in [5.41, 5.74) is 8.64. The lowest BCUT2D eigenvalue weighted by atomic mass is 9.98. The molecule has 1 unspecified atom stereocenters. The third-order valence-electron chi connectivity index (χ3n) is 3.08. The van der Waals surface area contributed by atoms with Crippen molar-refractivity contribution in [2.45, 2.75) is 19.4 Å². The second kappa shape index (κ2) is 6.04. The summed E-state index contributed by atoms with van der Waals surface area (Å²) < 4.78 is 14.5. The van der Waals surface area contributed by atoms with Gasteiger partial charge in [0.2, 0.25) is 0 Å². The first-order valence-electron chi connectivity index (χ1n) is 5.93. The number of hydrogen-bond acceptors (Lipinski definition) is 1. The molecular formula is C15H14BrClFN. The van der Waals surface area contributed by atoms with E-state index in [1.807, 2.05) is 31.2 Å². The van der Waals surface area contributed by atoms with E-state index in [1.165, 1.54) is 6.07 Å². The maximum Gasteiger partial charge on any atom is 0.127 e. The van der Waals surface area contributed by atoms with Crippen molar-refractivity contribution in [3.05, 3.63) is 68.4 Å². The number of aryl methyl sites for hydroxylation is 1. The number of nitrogens with two attached hydrogens (primary N) is 1. The maximum atomic E-state index is 13.8. The third-order valence-corrected chi connectivity index (χ3v) is 3.98. The highest BCUT2D eigenvalue weighted by Crippen LogP contribution is 2.24. The summed E-state index contributed by atoms with van der Waals surface area (Å²) in [6.07, 6.45) is 0.443. The molecule has 0 amide bonds. The Balaban J connectivity index is 2.20. The Labute approximate surface area is 125 Å². The van der Waals surface area contributed by atoms with Crippen LogP contribution >= 0.6 is 27.5 Å². The van der Waals surface area contributed by atoms with Gasteiger partial charge in [0.15, 0.2) is 0 Å². The molecular weight excluding hydrogens is 329 g/mol. The Kier molecular flexibility index (Phi) is 4.61. The largest absolute Gasteiger partial charge is 0.324 e. The van der Waals surface area contributed by atoms with Gasteiger partial charge in [-0.15, -0.1) is 0 Å². The van der Waals surface area contributed by atoms with Gasteiger partial charge in [0.05, 0.1) is 0 Å². The molecule has 2 aromatic carbocycles. The molecule has 0 spiro atoms. The molecule has 1 nitrogen and oxygen atoms in total. The first kappa shape index (κ1) is 14.5. The van der Waals surface area contributed by atoms with E-state index in [9.17, 15) is 4.39 Å². The molecule has 19 heavy (non-hydrogen) atoms. The first-order valence-corrected chi connectivity index (χ1v) is 7.10. The van der Waals surface area contributed by atoms with Gasteiger partial charge in [-0.1, -0.05) is 45.7 Å². The average molecular weight is 343 g/mol. The second-order valence-corrected chi connectivity index (χ2v) is 5.88. The molecule has 0 aliphatic heterocycles. The fourth-order valence-corrected chi connectivity index (χ4v) is 2.40. The number of benzene rings is 2. The smallest absolute Gasteiger partial charge is 0.127 e. The highest BCUT2D eigenvalue weighted by molar-refractivity contribution is 9.10. The van der Waals surface area contributed by atoms with Gasteiger partial charge in [0.25, 0.3) is 0 Å². The van der Waals surface area contributed by atoms with Crippen LogP contribution in [0.1, 0.15) is 22.7 Å². The van der Waals surface area contributed by atoms with E-state index in [0.29, 0.717) is 17.0 Å². The first-order chi connectivity index (χ1) is 8.97. The van der Waals surface area contributed by atoms with Crippen LogP contribution in [-0.4, -0.2) is 0 Å². The number of halogens is 3. The van der Waals surface area contributed by atoms with Crippen LogP contribution in [0.4, 0.5) is 4.39 Å². The molecule has 2 aromatic rings. The molecule has 0 saturated carbocycles. The average Bonchev–Trinajstić information content (AvgIpc) is 2.36. The van der Waals surface area contributed by atoms with Crippen molar-refractivity contribution in [1.29, 1.82) is 0 Å². The van der Waals surface area contributed by atoms with Crippen LogP contribution in [0.5, 0.6) is 0 Å². The lowest BCUT2D eigenvalue weighted by Crippen LogP contribution is -2.14. The van der Waals surface area contributed by atoms with Crippen LogP contribution in [0.15, 0.2) is 40.9 Å². The summed E-state index contributed by atoms with van der Waals surface area (Å²) in [6.45, 7) is 1.94. The topological polar surface area (TPSA) is 26.0 Å². The van der Waals surface area contributed by atoms with Gasteiger partial charge in [0, 0.05) is 15.5 Å². The minimum Gasteiger partial charge on any atom is -0.324 e. The van der Waals surface area contributed by atoms with Crippen LogP contribution in [0.2, 0.25) is 5.02 Å². The number of rotatable bonds is 3. The quantitative estimate of drug-likeness (QED) is 0.852. The lowest BCUT2D eigenvalue weighted by molar-refractivity contribution is 0.592. The standard InChI is InChI=1S/C15H14BrClFN/c1-9-2-3-11(6-13(9)17)15(19)7-10-4-5-12(16)8-14(10)18/h2-6,8,15H,7,19H2,1H3. The molecule has 1 atom stereocenters. The van der Waals surface area contributed by atoms with Crippen molar-refractivity contribution >= 4 is 27.5 Å².